The summed E-state index contributed by atoms with van der Waals surface area (Å²) in [6, 6.07) is 5.34. The number of benzene rings is 1. The molecule has 18 heavy (non-hydrogen) atoms. The fourth-order valence-corrected chi connectivity index (χ4v) is 1.92. The standard InChI is InChI=1S/C14H14ClNO2/c1-3-10-16(4-2)14-11(8-9-13(17)18)6-5-7-12(14)15/h1,5-9H,4,10H2,2H3,(H,17,18)/b9-8+. The minimum absolute atomic E-state index is 0.425. The highest BCUT2D eigenvalue weighted by Crippen LogP contribution is 2.30. The van der Waals surface area contributed by atoms with Gasteiger partial charge in [-0.05, 0) is 24.6 Å². The van der Waals surface area contributed by atoms with Crippen LogP contribution >= 0.6 is 11.6 Å². The molecular formula is C14H14ClNO2. The number of rotatable bonds is 5. The molecule has 1 aromatic rings. The van der Waals surface area contributed by atoms with Crippen LogP contribution in [0, 0.1) is 12.3 Å². The topological polar surface area (TPSA) is 40.5 Å². The van der Waals surface area contributed by atoms with Gasteiger partial charge in [-0.1, -0.05) is 29.7 Å². The summed E-state index contributed by atoms with van der Waals surface area (Å²) >= 11 is 6.16. The molecule has 3 nitrogen and oxygen atoms in total. The van der Waals surface area contributed by atoms with Gasteiger partial charge in [-0.2, -0.15) is 0 Å². The van der Waals surface area contributed by atoms with Crippen LogP contribution < -0.4 is 4.90 Å². The maximum Gasteiger partial charge on any atom is 0.328 e. The van der Waals surface area contributed by atoms with Crippen molar-refractivity contribution in [2.45, 2.75) is 6.92 Å². The molecule has 1 N–H and O–H groups in total. The lowest BCUT2D eigenvalue weighted by Crippen LogP contribution is -2.24. The van der Waals surface area contributed by atoms with Gasteiger partial charge in [0.15, 0.2) is 0 Å². The zero-order valence-corrected chi connectivity index (χ0v) is 10.8. The van der Waals surface area contributed by atoms with Crippen LogP contribution in [0.15, 0.2) is 24.3 Å². The highest BCUT2D eigenvalue weighted by atomic mass is 35.5. The van der Waals surface area contributed by atoms with E-state index in [0.29, 0.717) is 18.1 Å². The maximum atomic E-state index is 10.6. The molecule has 1 aromatic carbocycles. The van der Waals surface area contributed by atoms with Crippen molar-refractivity contribution in [3.8, 4) is 12.3 Å². The zero-order chi connectivity index (χ0) is 13.5. The molecule has 0 heterocycles. The molecule has 0 fully saturated rings. The van der Waals surface area contributed by atoms with Crippen molar-refractivity contribution in [2.24, 2.45) is 0 Å². The van der Waals surface area contributed by atoms with Gasteiger partial charge in [-0.25, -0.2) is 4.79 Å². The molecule has 0 spiro atoms. The molecule has 0 unspecified atom stereocenters. The molecule has 0 atom stereocenters. The van der Waals surface area contributed by atoms with Gasteiger partial charge in [0.2, 0.25) is 0 Å². The van der Waals surface area contributed by atoms with Crippen molar-refractivity contribution in [1.82, 2.24) is 0 Å². The third kappa shape index (κ3) is 3.54. The van der Waals surface area contributed by atoms with Gasteiger partial charge in [-0.3, -0.25) is 0 Å². The van der Waals surface area contributed by atoms with Crippen LogP contribution in [-0.2, 0) is 4.79 Å². The Hall–Kier alpha value is -1.92. The largest absolute Gasteiger partial charge is 0.478 e. The number of nitrogens with zero attached hydrogens (tertiary/aromatic N) is 1. The van der Waals surface area contributed by atoms with E-state index < -0.39 is 5.97 Å². The molecule has 0 aromatic heterocycles. The number of aliphatic carboxylic acids is 1. The van der Waals surface area contributed by atoms with Gasteiger partial charge in [0.25, 0.3) is 0 Å². The van der Waals surface area contributed by atoms with Crippen LogP contribution in [0.1, 0.15) is 12.5 Å². The first-order chi connectivity index (χ1) is 8.60. The second-order valence-electron chi connectivity index (χ2n) is 3.57. The smallest absolute Gasteiger partial charge is 0.328 e. The predicted octanol–water partition coefficient (Wildman–Crippen LogP) is 2.90. The minimum atomic E-state index is -0.999. The predicted molar refractivity (Wildman–Crippen MR) is 74.8 cm³/mol. The van der Waals surface area contributed by atoms with Gasteiger partial charge in [0.1, 0.15) is 0 Å². The molecule has 0 radical (unpaired) electrons. The van der Waals surface area contributed by atoms with E-state index in [2.05, 4.69) is 5.92 Å². The molecule has 4 heteroatoms. The van der Waals surface area contributed by atoms with Gasteiger partial charge < -0.3 is 10.0 Å². The summed E-state index contributed by atoms with van der Waals surface area (Å²) in [5.74, 6) is 1.56. The molecule has 1 rings (SSSR count). The number of hydrogen-bond acceptors (Lipinski definition) is 2. The van der Waals surface area contributed by atoms with E-state index >= 15 is 0 Å². The normalized spacial score (nSPS) is 10.3. The van der Waals surface area contributed by atoms with Gasteiger partial charge >= 0.3 is 5.97 Å². The molecule has 0 saturated carbocycles. The highest BCUT2D eigenvalue weighted by Gasteiger charge is 2.11. The number of carboxylic acids is 1. The Bertz CT molecular complexity index is 503. The molecular weight excluding hydrogens is 250 g/mol. The zero-order valence-electron chi connectivity index (χ0n) is 10.1. The van der Waals surface area contributed by atoms with Crippen LogP contribution in [0.3, 0.4) is 0 Å². The third-order valence-corrected chi connectivity index (χ3v) is 2.71. The summed E-state index contributed by atoms with van der Waals surface area (Å²) in [6.07, 6.45) is 7.92. The number of para-hydroxylation sites is 1. The van der Waals surface area contributed by atoms with E-state index in [1.165, 1.54) is 6.08 Å². The Morgan fingerprint density at radius 3 is 2.89 bits per heavy atom. The van der Waals surface area contributed by atoms with E-state index in [4.69, 9.17) is 23.1 Å². The molecule has 0 aliphatic carbocycles. The second kappa shape index (κ2) is 6.73. The number of carbonyl (C=O) groups is 1. The fourth-order valence-electron chi connectivity index (χ4n) is 1.62. The van der Waals surface area contributed by atoms with Crippen LogP contribution in [0.5, 0.6) is 0 Å². The number of halogens is 1. The summed E-state index contributed by atoms with van der Waals surface area (Å²) in [5, 5.41) is 9.22. The van der Waals surface area contributed by atoms with E-state index in [1.54, 1.807) is 18.2 Å². The number of anilines is 1. The minimum Gasteiger partial charge on any atom is -0.478 e. The van der Waals surface area contributed by atoms with Crippen molar-refractivity contribution in [2.75, 3.05) is 18.0 Å². The molecule has 0 aliphatic heterocycles. The highest BCUT2D eigenvalue weighted by molar-refractivity contribution is 6.33. The van der Waals surface area contributed by atoms with Crippen LogP contribution in [-0.4, -0.2) is 24.2 Å². The van der Waals surface area contributed by atoms with Crippen molar-refractivity contribution in [3.05, 3.63) is 34.9 Å². The second-order valence-corrected chi connectivity index (χ2v) is 3.97. The van der Waals surface area contributed by atoms with Crippen molar-refractivity contribution in [1.29, 1.82) is 0 Å². The quantitative estimate of drug-likeness (QED) is 0.656. The fraction of sp³-hybridized carbons (Fsp3) is 0.214. The Kier molecular flexibility index (Phi) is 5.29. The molecule has 0 amide bonds. The summed E-state index contributed by atoms with van der Waals surface area (Å²) in [6.45, 7) is 3.08. The van der Waals surface area contributed by atoms with Crippen molar-refractivity contribution < 1.29 is 9.90 Å². The SMILES string of the molecule is C#CCN(CC)c1c(Cl)cccc1/C=C/C(=O)O. The maximum absolute atomic E-state index is 10.6. The first-order valence-corrected chi connectivity index (χ1v) is 5.85. The molecule has 94 valence electrons. The van der Waals surface area contributed by atoms with E-state index in [0.717, 1.165) is 17.3 Å². The summed E-state index contributed by atoms with van der Waals surface area (Å²) < 4.78 is 0. The Labute approximate surface area is 112 Å². The van der Waals surface area contributed by atoms with E-state index in [9.17, 15) is 4.79 Å². The van der Waals surface area contributed by atoms with Crippen LogP contribution in [0.25, 0.3) is 6.08 Å². The number of carboxylic acid groups (broad SMARTS) is 1. The summed E-state index contributed by atoms with van der Waals surface area (Å²) in [7, 11) is 0. The lowest BCUT2D eigenvalue weighted by atomic mass is 10.1. The van der Waals surface area contributed by atoms with Crippen molar-refractivity contribution >= 4 is 29.3 Å². The molecule has 0 aliphatic rings. The summed E-state index contributed by atoms with van der Waals surface area (Å²) in [4.78, 5) is 12.5. The monoisotopic (exact) mass is 263 g/mol. The Morgan fingerprint density at radius 1 is 1.61 bits per heavy atom. The number of hydrogen-bond donors (Lipinski definition) is 1. The van der Waals surface area contributed by atoms with E-state index in [-0.39, 0.29) is 0 Å². The lowest BCUT2D eigenvalue weighted by molar-refractivity contribution is -0.131. The van der Waals surface area contributed by atoms with Gasteiger partial charge in [0.05, 0.1) is 17.3 Å². The first-order valence-electron chi connectivity index (χ1n) is 5.48. The van der Waals surface area contributed by atoms with Crippen LogP contribution in [0.2, 0.25) is 5.02 Å². The van der Waals surface area contributed by atoms with Crippen molar-refractivity contribution in [3.63, 3.8) is 0 Å². The Balaban J connectivity index is 3.23. The average Bonchev–Trinajstić information content (AvgIpc) is 2.34. The number of terminal acetylenes is 1. The first kappa shape index (κ1) is 14.1. The molecule has 0 saturated heterocycles. The third-order valence-electron chi connectivity index (χ3n) is 2.40. The van der Waals surface area contributed by atoms with Gasteiger partial charge in [-0.15, -0.1) is 6.42 Å². The van der Waals surface area contributed by atoms with E-state index in [1.807, 2.05) is 11.8 Å². The lowest BCUT2D eigenvalue weighted by Gasteiger charge is -2.23. The molecule has 0 bridgehead atoms. The van der Waals surface area contributed by atoms with Gasteiger partial charge in [0, 0.05) is 12.6 Å². The average molecular weight is 264 g/mol. The van der Waals surface area contributed by atoms with Crippen LogP contribution in [0.4, 0.5) is 5.69 Å². The summed E-state index contributed by atoms with van der Waals surface area (Å²) in [5.41, 5.74) is 1.50. The Morgan fingerprint density at radius 2 is 2.33 bits per heavy atom.